The van der Waals surface area contributed by atoms with Gasteiger partial charge in [-0.25, -0.2) is 0 Å². The van der Waals surface area contributed by atoms with Crippen LogP contribution in [-0.4, -0.2) is 39.4 Å². The number of aromatic nitrogens is 3. The van der Waals surface area contributed by atoms with E-state index < -0.39 is 0 Å². The molecule has 0 aliphatic carbocycles. The Morgan fingerprint density at radius 3 is 2.54 bits per heavy atom. The fourth-order valence-electron chi connectivity index (χ4n) is 3.80. The Morgan fingerprint density at radius 1 is 0.973 bits per heavy atom. The highest BCUT2D eigenvalue weighted by Crippen LogP contribution is 2.26. The van der Waals surface area contributed by atoms with Crippen LogP contribution in [0.3, 0.4) is 0 Å². The number of aryl methyl sites for hydroxylation is 2. The molecule has 37 heavy (non-hydrogen) atoms. The van der Waals surface area contributed by atoms with E-state index in [0.717, 1.165) is 28.1 Å². The molecule has 0 saturated heterocycles. The third-order valence-electron chi connectivity index (χ3n) is 5.89. The summed E-state index contributed by atoms with van der Waals surface area (Å²) in [6.07, 6.45) is 0. The number of nitrogens with zero attached hydrogens (tertiary/aromatic N) is 3. The summed E-state index contributed by atoms with van der Waals surface area (Å²) in [6.45, 7) is 6.20. The van der Waals surface area contributed by atoms with E-state index in [4.69, 9.17) is 4.74 Å². The summed E-state index contributed by atoms with van der Waals surface area (Å²) in [7, 11) is 1.56. The van der Waals surface area contributed by atoms with E-state index in [2.05, 4.69) is 20.8 Å². The molecule has 190 valence electrons. The predicted molar refractivity (Wildman–Crippen MR) is 146 cm³/mol. The van der Waals surface area contributed by atoms with Crippen LogP contribution >= 0.6 is 11.8 Å². The second-order valence-electron chi connectivity index (χ2n) is 8.57. The van der Waals surface area contributed by atoms with E-state index in [1.165, 1.54) is 11.8 Å². The molecule has 0 unspecified atom stereocenters. The van der Waals surface area contributed by atoms with Gasteiger partial charge >= 0.3 is 0 Å². The normalized spacial score (nSPS) is 10.7. The van der Waals surface area contributed by atoms with Crippen molar-refractivity contribution in [3.8, 4) is 11.4 Å². The molecule has 1 heterocycles. The largest absolute Gasteiger partial charge is 0.497 e. The monoisotopic (exact) mass is 515 g/mol. The van der Waals surface area contributed by atoms with Crippen LogP contribution in [0.1, 0.15) is 32.9 Å². The number of nitrogens with one attached hydrogen (secondary N) is 2. The number of benzene rings is 3. The van der Waals surface area contributed by atoms with Gasteiger partial charge in [0.25, 0.3) is 5.91 Å². The molecule has 0 saturated carbocycles. The van der Waals surface area contributed by atoms with Crippen LogP contribution in [-0.2, 0) is 11.3 Å². The Kier molecular flexibility index (Phi) is 8.25. The maximum atomic E-state index is 12.8. The molecule has 1 aromatic heterocycles. The van der Waals surface area contributed by atoms with Crippen LogP contribution in [0.25, 0.3) is 5.69 Å². The number of amides is 2. The van der Waals surface area contributed by atoms with Gasteiger partial charge in [-0.2, -0.15) is 0 Å². The molecular weight excluding hydrogens is 486 g/mol. The minimum Gasteiger partial charge on any atom is -0.497 e. The Bertz CT molecular complexity index is 1430. The summed E-state index contributed by atoms with van der Waals surface area (Å²) in [5.74, 6) is 0.938. The van der Waals surface area contributed by atoms with Gasteiger partial charge < -0.3 is 15.4 Å². The summed E-state index contributed by atoms with van der Waals surface area (Å²) in [6, 6.07) is 20.6. The molecule has 2 N–H and O–H groups in total. The third kappa shape index (κ3) is 6.37. The SMILES string of the molecule is COc1cccc(C(=O)NCc2nnc(SCC(=O)Nc3cccc(C)c3)n2-c2cccc(C)c2C)c1. The minimum absolute atomic E-state index is 0.140. The first kappa shape index (κ1) is 26.0. The molecule has 0 spiro atoms. The summed E-state index contributed by atoms with van der Waals surface area (Å²) >= 11 is 1.29. The zero-order valence-electron chi connectivity index (χ0n) is 21.2. The van der Waals surface area contributed by atoms with E-state index in [-0.39, 0.29) is 24.1 Å². The van der Waals surface area contributed by atoms with Gasteiger partial charge in [0, 0.05) is 11.3 Å². The molecular formula is C28H29N5O3S. The Hall–Kier alpha value is -4.11. The van der Waals surface area contributed by atoms with Gasteiger partial charge in [-0.15, -0.1) is 10.2 Å². The lowest BCUT2D eigenvalue weighted by Crippen LogP contribution is -2.25. The van der Waals surface area contributed by atoms with Gasteiger partial charge in [0.15, 0.2) is 11.0 Å². The highest BCUT2D eigenvalue weighted by Gasteiger charge is 2.19. The van der Waals surface area contributed by atoms with Crippen LogP contribution in [0.15, 0.2) is 71.9 Å². The van der Waals surface area contributed by atoms with E-state index in [0.29, 0.717) is 22.3 Å². The van der Waals surface area contributed by atoms with E-state index in [1.807, 2.05) is 67.8 Å². The number of hydrogen-bond acceptors (Lipinski definition) is 6. The molecule has 4 rings (SSSR count). The van der Waals surface area contributed by atoms with Crippen molar-refractivity contribution < 1.29 is 14.3 Å². The lowest BCUT2D eigenvalue weighted by atomic mass is 10.1. The quantitative estimate of drug-likeness (QED) is 0.309. The fourth-order valence-corrected chi connectivity index (χ4v) is 4.57. The van der Waals surface area contributed by atoms with Crippen molar-refractivity contribution in [2.24, 2.45) is 0 Å². The molecule has 8 nitrogen and oxygen atoms in total. The lowest BCUT2D eigenvalue weighted by molar-refractivity contribution is -0.113. The Labute approximate surface area is 220 Å². The summed E-state index contributed by atoms with van der Waals surface area (Å²) < 4.78 is 7.12. The van der Waals surface area contributed by atoms with E-state index in [9.17, 15) is 9.59 Å². The zero-order valence-corrected chi connectivity index (χ0v) is 22.1. The number of ether oxygens (including phenoxy) is 1. The predicted octanol–water partition coefficient (Wildman–Crippen LogP) is 4.86. The number of thioether (sulfide) groups is 1. The first-order chi connectivity index (χ1) is 17.9. The van der Waals surface area contributed by atoms with Crippen molar-refractivity contribution in [2.45, 2.75) is 32.5 Å². The molecule has 0 aliphatic rings. The van der Waals surface area contributed by atoms with Crippen LogP contribution in [0.4, 0.5) is 5.69 Å². The van der Waals surface area contributed by atoms with Gasteiger partial charge in [0.05, 0.1) is 25.1 Å². The number of carbonyl (C=O) groups is 2. The fraction of sp³-hybridized carbons (Fsp3) is 0.214. The molecule has 0 aliphatic heterocycles. The van der Waals surface area contributed by atoms with E-state index in [1.54, 1.807) is 31.4 Å². The summed E-state index contributed by atoms with van der Waals surface area (Å²) in [5.41, 5.74) is 5.39. The maximum Gasteiger partial charge on any atom is 0.251 e. The molecule has 2 amide bonds. The van der Waals surface area contributed by atoms with Crippen LogP contribution in [0.2, 0.25) is 0 Å². The molecule has 3 aromatic carbocycles. The third-order valence-corrected chi connectivity index (χ3v) is 6.82. The molecule has 0 atom stereocenters. The molecule has 0 fully saturated rings. The van der Waals surface area contributed by atoms with Gasteiger partial charge in [0.1, 0.15) is 5.75 Å². The van der Waals surface area contributed by atoms with Crippen molar-refractivity contribution in [3.05, 3.63) is 94.8 Å². The average Bonchev–Trinajstić information content (AvgIpc) is 3.30. The first-order valence-electron chi connectivity index (χ1n) is 11.8. The molecule has 4 aromatic rings. The van der Waals surface area contributed by atoms with Gasteiger partial charge in [-0.3, -0.25) is 14.2 Å². The summed E-state index contributed by atoms with van der Waals surface area (Å²) in [4.78, 5) is 25.4. The second kappa shape index (κ2) is 11.7. The van der Waals surface area contributed by atoms with Crippen LogP contribution in [0.5, 0.6) is 5.75 Å². The van der Waals surface area contributed by atoms with Gasteiger partial charge in [-0.05, 0) is 73.9 Å². The van der Waals surface area contributed by atoms with Crippen LogP contribution < -0.4 is 15.4 Å². The maximum absolute atomic E-state index is 12.8. The second-order valence-corrected chi connectivity index (χ2v) is 9.52. The Morgan fingerprint density at radius 2 is 1.76 bits per heavy atom. The smallest absolute Gasteiger partial charge is 0.251 e. The van der Waals surface area contributed by atoms with Crippen LogP contribution in [0, 0.1) is 20.8 Å². The zero-order chi connectivity index (χ0) is 26.4. The van der Waals surface area contributed by atoms with Gasteiger partial charge in [-0.1, -0.05) is 42.1 Å². The highest BCUT2D eigenvalue weighted by atomic mass is 32.2. The number of anilines is 1. The molecule has 0 bridgehead atoms. The number of carbonyl (C=O) groups excluding carboxylic acids is 2. The lowest BCUT2D eigenvalue weighted by Gasteiger charge is -2.15. The molecule has 0 radical (unpaired) electrons. The van der Waals surface area contributed by atoms with Crippen molar-refractivity contribution in [1.29, 1.82) is 0 Å². The first-order valence-corrected chi connectivity index (χ1v) is 12.8. The van der Waals surface area contributed by atoms with Crippen molar-refractivity contribution in [1.82, 2.24) is 20.1 Å². The Balaban J connectivity index is 1.54. The van der Waals surface area contributed by atoms with Gasteiger partial charge in [0.2, 0.25) is 5.91 Å². The van der Waals surface area contributed by atoms with Crippen molar-refractivity contribution in [2.75, 3.05) is 18.2 Å². The van der Waals surface area contributed by atoms with E-state index >= 15 is 0 Å². The highest BCUT2D eigenvalue weighted by molar-refractivity contribution is 7.99. The van der Waals surface area contributed by atoms with Crippen molar-refractivity contribution in [3.63, 3.8) is 0 Å². The minimum atomic E-state index is -0.249. The number of rotatable bonds is 9. The standard InChI is InChI=1S/C28H29N5O3S/c1-18-8-5-11-22(14-18)30-26(34)17-37-28-32-31-25(33(28)24-13-6-9-19(2)20(24)3)16-29-27(35)21-10-7-12-23(15-21)36-4/h5-15H,16-17H2,1-4H3,(H,29,35)(H,30,34). The summed E-state index contributed by atoms with van der Waals surface area (Å²) in [5, 5.41) is 15.1. The average molecular weight is 516 g/mol. The molecule has 9 heteroatoms. The number of methoxy groups -OCH3 is 1. The number of hydrogen-bond donors (Lipinski definition) is 2. The van der Waals surface area contributed by atoms with Crippen molar-refractivity contribution >= 4 is 29.3 Å². The topological polar surface area (TPSA) is 98.1 Å².